The average molecular weight is 325 g/mol. The van der Waals surface area contributed by atoms with Gasteiger partial charge in [-0.2, -0.15) is 0 Å². The molecule has 1 fully saturated rings. The van der Waals surface area contributed by atoms with Crippen LogP contribution >= 0.6 is 0 Å². The van der Waals surface area contributed by atoms with Gasteiger partial charge < -0.3 is 10.1 Å². The SMILES string of the molecule is CC(C)(C)c1ccc2c(c1)C1OCCC1C(c1ccc(F)cc1)N2. The Hall–Kier alpha value is -1.87. The molecule has 2 aliphatic heterocycles. The lowest BCUT2D eigenvalue weighted by molar-refractivity contribution is 0.0828. The topological polar surface area (TPSA) is 21.3 Å². The Morgan fingerprint density at radius 2 is 1.83 bits per heavy atom. The molecule has 0 spiro atoms. The van der Waals surface area contributed by atoms with Crippen LogP contribution in [0.3, 0.4) is 0 Å². The Morgan fingerprint density at radius 3 is 2.54 bits per heavy atom. The van der Waals surface area contributed by atoms with Gasteiger partial charge in [0.25, 0.3) is 0 Å². The lowest BCUT2D eigenvalue weighted by Crippen LogP contribution is -2.29. The van der Waals surface area contributed by atoms with Crippen LogP contribution in [0.25, 0.3) is 0 Å². The predicted octanol–water partition coefficient (Wildman–Crippen LogP) is 5.37. The van der Waals surface area contributed by atoms with Crippen LogP contribution in [0.15, 0.2) is 42.5 Å². The molecule has 0 amide bonds. The molecular weight excluding hydrogens is 301 g/mol. The maximum Gasteiger partial charge on any atom is 0.123 e. The summed E-state index contributed by atoms with van der Waals surface area (Å²) in [5.41, 5.74) is 4.99. The van der Waals surface area contributed by atoms with Crippen molar-refractivity contribution in [3.05, 3.63) is 65.0 Å². The van der Waals surface area contributed by atoms with E-state index in [9.17, 15) is 4.39 Å². The van der Waals surface area contributed by atoms with Crippen molar-refractivity contribution in [3.63, 3.8) is 0 Å². The highest BCUT2D eigenvalue weighted by atomic mass is 19.1. The third kappa shape index (κ3) is 2.61. The highest BCUT2D eigenvalue weighted by Crippen LogP contribution is 2.50. The Balaban J connectivity index is 1.75. The van der Waals surface area contributed by atoms with E-state index in [4.69, 9.17) is 4.74 Å². The molecule has 0 bridgehead atoms. The molecule has 0 aromatic heterocycles. The van der Waals surface area contributed by atoms with Crippen molar-refractivity contribution >= 4 is 5.69 Å². The molecule has 24 heavy (non-hydrogen) atoms. The summed E-state index contributed by atoms with van der Waals surface area (Å²) in [5.74, 6) is 0.196. The van der Waals surface area contributed by atoms with E-state index < -0.39 is 0 Å². The first-order valence-corrected chi connectivity index (χ1v) is 8.71. The van der Waals surface area contributed by atoms with Gasteiger partial charge in [0.15, 0.2) is 0 Å². The number of anilines is 1. The molecule has 2 aromatic carbocycles. The summed E-state index contributed by atoms with van der Waals surface area (Å²) in [6.45, 7) is 7.49. The third-order valence-electron chi connectivity index (χ3n) is 5.33. The van der Waals surface area contributed by atoms with Crippen molar-refractivity contribution in [3.8, 4) is 0 Å². The summed E-state index contributed by atoms with van der Waals surface area (Å²) in [5, 5.41) is 3.68. The van der Waals surface area contributed by atoms with Gasteiger partial charge in [0, 0.05) is 23.8 Å². The van der Waals surface area contributed by atoms with Gasteiger partial charge >= 0.3 is 0 Å². The second-order valence-corrected chi connectivity index (χ2v) is 7.97. The fourth-order valence-corrected chi connectivity index (χ4v) is 3.94. The maximum absolute atomic E-state index is 13.3. The first-order chi connectivity index (χ1) is 11.4. The normalized spacial score (nSPS) is 25.8. The smallest absolute Gasteiger partial charge is 0.123 e. The van der Waals surface area contributed by atoms with Crippen LogP contribution in [0.2, 0.25) is 0 Å². The van der Waals surface area contributed by atoms with E-state index in [0.29, 0.717) is 5.92 Å². The second-order valence-electron chi connectivity index (χ2n) is 7.97. The summed E-state index contributed by atoms with van der Waals surface area (Å²) < 4.78 is 19.4. The number of ether oxygens (including phenoxy) is 1. The number of rotatable bonds is 1. The van der Waals surface area contributed by atoms with Crippen molar-refractivity contribution in [2.45, 2.75) is 44.8 Å². The van der Waals surface area contributed by atoms with Crippen molar-refractivity contribution < 1.29 is 9.13 Å². The van der Waals surface area contributed by atoms with Crippen molar-refractivity contribution in [2.24, 2.45) is 5.92 Å². The van der Waals surface area contributed by atoms with E-state index in [2.05, 4.69) is 44.3 Å². The minimum atomic E-state index is -0.191. The first kappa shape index (κ1) is 15.6. The van der Waals surface area contributed by atoms with Gasteiger partial charge in [-0.3, -0.25) is 0 Å². The molecule has 3 heteroatoms. The maximum atomic E-state index is 13.3. The average Bonchev–Trinajstić information content (AvgIpc) is 3.03. The molecular formula is C21H24FNO. The monoisotopic (exact) mass is 325 g/mol. The van der Waals surface area contributed by atoms with Crippen molar-refractivity contribution in [2.75, 3.05) is 11.9 Å². The zero-order valence-corrected chi connectivity index (χ0v) is 14.5. The number of hydrogen-bond acceptors (Lipinski definition) is 2. The predicted molar refractivity (Wildman–Crippen MR) is 94.7 cm³/mol. The van der Waals surface area contributed by atoms with Crippen LogP contribution in [-0.2, 0) is 10.2 Å². The minimum absolute atomic E-state index is 0.122. The summed E-state index contributed by atoms with van der Waals surface area (Å²) in [7, 11) is 0. The van der Waals surface area contributed by atoms with Gasteiger partial charge in [-0.25, -0.2) is 4.39 Å². The number of benzene rings is 2. The molecule has 2 nitrogen and oxygen atoms in total. The van der Waals surface area contributed by atoms with Gasteiger partial charge in [-0.15, -0.1) is 0 Å². The number of nitrogens with one attached hydrogen (secondary N) is 1. The Morgan fingerprint density at radius 1 is 1.08 bits per heavy atom. The molecule has 2 aliphatic rings. The van der Waals surface area contributed by atoms with Crippen molar-refractivity contribution in [1.29, 1.82) is 0 Å². The molecule has 4 rings (SSSR count). The van der Waals surface area contributed by atoms with Gasteiger partial charge in [-0.1, -0.05) is 45.0 Å². The molecule has 3 atom stereocenters. The van der Waals surface area contributed by atoms with Crippen molar-refractivity contribution in [1.82, 2.24) is 0 Å². The lowest BCUT2D eigenvalue weighted by Gasteiger charge is -2.37. The van der Waals surface area contributed by atoms with Crippen LogP contribution in [0.4, 0.5) is 10.1 Å². The highest BCUT2D eigenvalue weighted by Gasteiger charge is 2.41. The summed E-state index contributed by atoms with van der Waals surface area (Å²) in [4.78, 5) is 0. The number of hydrogen-bond donors (Lipinski definition) is 1. The van der Waals surface area contributed by atoms with Crippen LogP contribution in [0.1, 0.15) is 56.0 Å². The molecule has 0 aliphatic carbocycles. The van der Waals surface area contributed by atoms with Crippen LogP contribution in [-0.4, -0.2) is 6.61 Å². The van der Waals surface area contributed by atoms with Crippen LogP contribution in [0.5, 0.6) is 0 Å². The number of fused-ring (bicyclic) bond motifs is 3. The Bertz CT molecular complexity index is 747. The van der Waals surface area contributed by atoms with Gasteiger partial charge in [-0.05, 0) is 41.2 Å². The van der Waals surface area contributed by atoms with Crippen LogP contribution < -0.4 is 5.32 Å². The molecule has 0 radical (unpaired) electrons. The second kappa shape index (κ2) is 5.59. The molecule has 3 unspecified atom stereocenters. The molecule has 1 N–H and O–H groups in total. The van der Waals surface area contributed by atoms with Gasteiger partial charge in [0.05, 0.1) is 12.1 Å². The molecule has 2 heterocycles. The van der Waals surface area contributed by atoms with E-state index >= 15 is 0 Å². The zero-order valence-electron chi connectivity index (χ0n) is 14.5. The fraction of sp³-hybridized carbons (Fsp3) is 0.429. The minimum Gasteiger partial charge on any atom is -0.378 e. The van der Waals surface area contributed by atoms with E-state index in [0.717, 1.165) is 24.3 Å². The lowest BCUT2D eigenvalue weighted by atomic mass is 9.78. The number of halogens is 1. The van der Waals surface area contributed by atoms with E-state index in [-0.39, 0.29) is 23.4 Å². The molecule has 126 valence electrons. The van der Waals surface area contributed by atoms with Gasteiger partial charge in [0.2, 0.25) is 0 Å². The van der Waals surface area contributed by atoms with Crippen LogP contribution in [0, 0.1) is 11.7 Å². The van der Waals surface area contributed by atoms with E-state index in [1.807, 2.05) is 12.1 Å². The molecule has 0 saturated carbocycles. The zero-order chi connectivity index (χ0) is 16.9. The highest BCUT2D eigenvalue weighted by molar-refractivity contribution is 5.59. The summed E-state index contributed by atoms with van der Waals surface area (Å²) in [6.07, 6.45) is 1.15. The quantitative estimate of drug-likeness (QED) is 0.761. The summed E-state index contributed by atoms with van der Waals surface area (Å²) >= 11 is 0. The Labute approximate surface area is 143 Å². The third-order valence-corrected chi connectivity index (χ3v) is 5.33. The standard InChI is InChI=1S/C21H24FNO/c1-21(2,3)14-6-9-18-17(12-14)20-16(10-11-24-20)19(23-18)13-4-7-15(22)8-5-13/h4-9,12,16,19-20,23H,10-11H2,1-3H3. The first-order valence-electron chi connectivity index (χ1n) is 8.71. The fourth-order valence-electron chi connectivity index (χ4n) is 3.94. The van der Waals surface area contributed by atoms with E-state index in [1.165, 1.54) is 11.1 Å². The van der Waals surface area contributed by atoms with E-state index in [1.54, 1.807) is 12.1 Å². The largest absolute Gasteiger partial charge is 0.378 e. The Kier molecular flexibility index (Phi) is 3.65. The molecule has 2 aromatic rings. The molecule has 1 saturated heterocycles. The van der Waals surface area contributed by atoms with Gasteiger partial charge in [0.1, 0.15) is 5.82 Å². The summed E-state index contributed by atoms with van der Waals surface area (Å²) in [6, 6.07) is 13.7.